The van der Waals surface area contributed by atoms with Crippen LogP contribution in [0, 0.1) is 0 Å². The Morgan fingerprint density at radius 1 is 1.13 bits per heavy atom. The Bertz CT molecular complexity index is 141. The Labute approximate surface area is 94.6 Å². The SMILES string of the molecule is CCCC(N)[Si](CCN)(OCC)OCC. The maximum absolute atomic E-state index is 6.18. The minimum Gasteiger partial charge on any atom is -0.394 e. The van der Waals surface area contributed by atoms with E-state index in [4.69, 9.17) is 20.3 Å². The zero-order valence-electron chi connectivity index (χ0n) is 10.3. The fraction of sp³-hybridized carbons (Fsp3) is 1.00. The second-order valence-electron chi connectivity index (χ2n) is 3.61. The van der Waals surface area contributed by atoms with Crippen LogP contribution in [0.2, 0.25) is 6.04 Å². The van der Waals surface area contributed by atoms with E-state index in [1.165, 1.54) is 0 Å². The van der Waals surface area contributed by atoms with Crippen molar-refractivity contribution < 1.29 is 8.85 Å². The lowest BCUT2D eigenvalue weighted by Gasteiger charge is -2.34. The van der Waals surface area contributed by atoms with Crippen molar-refractivity contribution in [1.82, 2.24) is 0 Å². The van der Waals surface area contributed by atoms with Crippen LogP contribution >= 0.6 is 0 Å². The monoisotopic (exact) mass is 234 g/mol. The van der Waals surface area contributed by atoms with Crippen molar-refractivity contribution in [1.29, 1.82) is 0 Å². The molecule has 0 radical (unpaired) electrons. The van der Waals surface area contributed by atoms with E-state index in [1.807, 2.05) is 13.8 Å². The largest absolute Gasteiger partial charge is 0.394 e. The quantitative estimate of drug-likeness (QED) is 0.587. The van der Waals surface area contributed by atoms with Gasteiger partial charge >= 0.3 is 8.56 Å². The molecule has 0 amide bonds. The molecule has 0 saturated heterocycles. The summed E-state index contributed by atoms with van der Waals surface area (Å²) in [5, 5.41) is 0. The molecule has 0 aromatic carbocycles. The fourth-order valence-electron chi connectivity index (χ4n) is 1.81. The van der Waals surface area contributed by atoms with Crippen molar-refractivity contribution in [3.63, 3.8) is 0 Å². The van der Waals surface area contributed by atoms with Gasteiger partial charge in [0.2, 0.25) is 0 Å². The molecule has 1 atom stereocenters. The van der Waals surface area contributed by atoms with Gasteiger partial charge in [-0.2, -0.15) is 0 Å². The minimum absolute atomic E-state index is 0.0333. The molecule has 0 aliphatic heterocycles. The Hall–Kier alpha value is 0.0569. The molecular weight excluding hydrogens is 208 g/mol. The summed E-state index contributed by atoms with van der Waals surface area (Å²) in [4.78, 5) is 0. The third-order valence-corrected chi connectivity index (χ3v) is 6.39. The first-order chi connectivity index (χ1) is 7.16. The first kappa shape index (κ1) is 15.1. The molecule has 15 heavy (non-hydrogen) atoms. The van der Waals surface area contributed by atoms with Gasteiger partial charge in [0.05, 0.1) is 0 Å². The first-order valence-corrected chi connectivity index (χ1v) is 8.00. The summed E-state index contributed by atoms with van der Waals surface area (Å²) >= 11 is 0. The summed E-state index contributed by atoms with van der Waals surface area (Å²) in [6.07, 6.45) is 2.01. The second kappa shape index (κ2) is 8.24. The summed E-state index contributed by atoms with van der Waals surface area (Å²) in [7, 11) is -2.27. The molecule has 1 unspecified atom stereocenters. The predicted molar refractivity (Wildman–Crippen MR) is 65.8 cm³/mol. The van der Waals surface area contributed by atoms with E-state index < -0.39 is 8.56 Å². The number of nitrogens with two attached hydrogens (primary N) is 2. The van der Waals surface area contributed by atoms with Crippen LogP contribution in [0.25, 0.3) is 0 Å². The predicted octanol–water partition coefficient (Wildman–Crippen LogP) is 1.13. The summed E-state index contributed by atoms with van der Waals surface area (Å²) in [6, 6.07) is 0.788. The summed E-state index contributed by atoms with van der Waals surface area (Å²) in [6.45, 7) is 7.99. The molecule has 0 saturated carbocycles. The molecule has 4 nitrogen and oxygen atoms in total. The van der Waals surface area contributed by atoms with Gasteiger partial charge in [0.1, 0.15) is 0 Å². The van der Waals surface area contributed by atoms with Gasteiger partial charge in [-0.3, -0.25) is 0 Å². The Kier molecular flexibility index (Phi) is 8.27. The lowest BCUT2D eigenvalue weighted by atomic mass is 10.3. The molecule has 0 heterocycles. The summed E-state index contributed by atoms with van der Waals surface area (Å²) < 4.78 is 11.7. The zero-order valence-corrected chi connectivity index (χ0v) is 11.3. The molecular formula is C10H26N2O2Si. The van der Waals surface area contributed by atoms with E-state index in [9.17, 15) is 0 Å². The van der Waals surface area contributed by atoms with Gasteiger partial charge in [0, 0.05) is 24.9 Å². The van der Waals surface area contributed by atoms with Gasteiger partial charge in [0.15, 0.2) is 0 Å². The lowest BCUT2D eigenvalue weighted by Crippen LogP contribution is -2.58. The highest BCUT2D eigenvalue weighted by atomic mass is 28.4. The van der Waals surface area contributed by atoms with Crippen molar-refractivity contribution >= 4 is 8.56 Å². The maximum atomic E-state index is 6.18. The summed E-state index contributed by atoms with van der Waals surface area (Å²) in [5.41, 5.74) is 11.8. The van der Waals surface area contributed by atoms with Crippen LogP contribution in [0.1, 0.15) is 33.6 Å². The first-order valence-electron chi connectivity index (χ1n) is 5.90. The average Bonchev–Trinajstić information content (AvgIpc) is 2.19. The molecule has 0 fully saturated rings. The lowest BCUT2D eigenvalue weighted by molar-refractivity contribution is 0.172. The Balaban J connectivity index is 4.57. The van der Waals surface area contributed by atoms with Crippen LogP contribution < -0.4 is 11.5 Å². The molecule has 0 aromatic rings. The van der Waals surface area contributed by atoms with E-state index >= 15 is 0 Å². The number of hydrogen-bond donors (Lipinski definition) is 2. The van der Waals surface area contributed by atoms with Crippen molar-refractivity contribution in [3.05, 3.63) is 0 Å². The van der Waals surface area contributed by atoms with Gasteiger partial charge in [-0.25, -0.2) is 0 Å². The Morgan fingerprint density at radius 3 is 2.00 bits per heavy atom. The molecule has 0 spiro atoms. The molecule has 92 valence electrons. The molecule has 5 heteroatoms. The van der Waals surface area contributed by atoms with E-state index in [0.717, 1.165) is 18.9 Å². The van der Waals surface area contributed by atoms with Crippen LogP contribution in [0.5, 0.6) is 0 Å². The molecule has 0 bridgehead atoms. The van der Waals surface area contributed by atoms with Gasteiger partial charge in [0.25, 0.3) is 0 Å². The molecule has 0 rings (SSSR count). The second-order valence-corrected chi connectivity index (χ2v) is 7.05. The highest BCUT2D eigenvalue weighted by molar-refractivity contribution is 6.69. The number of hydrogen-bond acceptors (Lipinski definition) is 4. The van der Waals surface area contributed by atoms with Crippen LogP contribution in [-0.2, 0) is 8.85 Å². The van der Waals surface area contributed by atoms with Crippen LogP contribution in [0.15, 0.2) is 0 Å². The van der Waals surface area contributed by atoms with Gasteiger partial charge in [-0.15, -0.1) is 0 Å². The average molecular weight is 234 g/mol. The highest BCUT2D eigenvalue weighted by Crippen LogP contribution is 2.19. The van der Waals surface area contributed by atoms with E-state index in [0.29, 0.717) is 19.8 Å². The van der Waals surface area contributed by atoms with Crippen molar-refractivity contribution in [2.75, 3.05) is 19.8 Å². The van der Waals surface area contributed by atoms with Crippen LogP contribution in [-0.4, -0.2) is 34.0 Å². The standard InChI is InChI=1S/C10H26N2O2Si/c1-4-7-10(12)15(9-8-11,13-5-2)14-6-3/h10H,4-9,11-12H2,1-3H3. The van der Waals surface area contributed by atoms with Gasteiger partial charge in [-0.1, -0.05) is 13.3 Å². The maximum Gasteiger partial charge on any atom is 0.356 e. The molecule has 0 aromatic heterocycles. The Morgan fingerprint density at radius 2 is 1.67 bits per heavy atom. The van der Waals surface area contributed by atoms with E-state index in [-0.39, 0.29) is 5.67 Å². The highest BCUT2D eigenvalue weighted by Gasteiger charge is 2.42. The molecule has 0 aliphatic rings. The van der Waals surface area contributed by atoms with Crippen LogP contribution in [0.3, 0.4) is 0 Å². The fourth-order valence-corrected chi connectivity index (χ4v) is 5.09. The van der Waals surface area contributed by atoms with Crippen LogP contribution in [0.4, 0.5) is 0 Å². The molecule has 0 aliphatic carbocycles. The topological polar surface area (TPSA) is 70.5 Å². The normalized spacial score (nSPS) is 14.2. The van der Waals surface area contributed by atoms with Crippen molar-refractivity contribution in [2.24, 2.45) is 11.5 Å². The minimum atomic E-state index is -2.27. The summed E-state index contributed by atoms with van der Waals surface area (Å²) in [5.74, 6) is 0. The molecule has 4 N–H and O–H groups in total. The van der Waals surface area contributed by atoms with Crippen molar-refractivity contribution in [2.45, 2.75) is 45.3 Å². The van der Waals surface area contributed by atoms with E-state index in [2.05, 4.69) is 6.92 Å². The van der Waals surface area contributed by atoms with Crippen molar-refractivity contribution in [3.8, 4) is 0 Å². The third-order valence-electron chi connectivity index (χ3n) is 2.43. The van der Waals surface area contributed by atoms with Gasteiger partial charge < -0.3 is 20.3 Å². The smallest absolute Gasteiger partial charge is 0.356 e. The third kappa shape index (κ3) is 4.61. The van der Waals surface area contributed by atoms with Gasteiger partial charge in [-0.05, 0) is 26.8 Å². The van der Waals surface area contributed by atoms with E-state index in [1.54, 1.807) is 0 Å². The zero-order chi connectivity index (χ0) is 11.7. The number of rotatable bonds is 9.